The van der Waals surface area contributed by atoms with Gasteiger partial charge in [-0.25, -0.2) is 8.78 Å². The zero-order chi connectivity index (χ0) is 22.7. The van der Waals surface area contributed by atoms with Crippen molar-refractivity contribution in [3.63, 3.8) is 0 Å². The number of hydrogen-bond donors (Lipinski definition) is 0. The summed E-state index contributed by atoms with van der Waals surface area (Å²) in [6, 6.07) is 22.8. The minimum atomic E-state index is -0.506. The lowest BCUT2D eigenvalue weighted by atomic mass is 10.0. The fourth-order valence-corrected chi connectivity index (χ4v) is 2.78. The first-order valence-corrected chi connectivity index (χ1v) is 10.7. The van der Waals surface area contributed by atoms with Crippen LogP contribution in [-0.4, -0.2) is 0 Å². The van der Waals surface area contributed by atoms with E-state index in [9.17, 15) is 8.78 Å². The predicted molar refractivity (Wildman–Crippen MR) is 140 cm³/mol. The van der Waals surface area contributed by atoms with Crippen molar-refractivity contribution < 1.29 is 8.78 Å². The van der Waals surface area contributed by atoms with Gasteiger partial charge in [-0.1, -0.05) is 117 Å². The summed E-state index contributed by atoms with van der Waals surface area (Å²) < 4.78 is 25.1. The van der Waals surface area contributed by atoms with Crippen molar-refractivity contribution >= 4 is 0 Å². The Morgan fingerprint density at radius 2 is 0.938 bits per heavy atom. The minimum Gasteiger partial charge on any atom is -0.207 e. The van der Waals surface area contributed by atoms with Crippen LogP contribution in [0.25, 0.3) is 0 Å². The molecule has 0 aromatic heterocycles. The molecule has 0 radical (unpaired) electrons. The Morgan fingerprint density at radius 3 is 1.28 bits per heavy atom. The predicted octanol–water partition coefficient (Wildman–Crippen LogP) is 10.3. The van der Waals surface area contributed by atoms with E-state index in [1.54, 1.807) is 0 Å². The van der Waals surface area contributed by atoms with Crippen LogP contribution in [0.1, 0.15) is 96.4 Å². The van der Waals surface area contributed by atoms with E-state index in [0.717, 1.165) is 6.07 Å². The van der Waals surface area contributed by atoms with E-state index in [4.69, 9.17) is 0 Å². The van der Waals surface area contributed by atoms with Gasteiger partial charge in [0.25, 0.3) is 0 Å². The Hall–Kier alpha value is -2.48. The van der Waals surface area contributed by atoms with E-state index in [-0.39, 0.29) is 20.8 Å². The standard InChI is InChI=1S/C10H14.C9H10F2.C9H12.2CH4/c1-8(2)10-6-4-5-9(3)7-10;1-6(2)7-3-8(10)5-9(11)4-7;1-8(2)9-6-4-3-5-7-9;;/h4-8H,1-3H3;3-6H,1-2H3;3-8H,1-2H3;2*1H4. The molecule has 2 heteroatoms. The lowest BCUT2D eigenvalue weighted by molar-refractivity contribution is 0.577. The lowest BCUT2D eigenvalue weighted by Gasteiger charge is -2.04. The molecule has 3 aromatic carbocycles. The van der Waals surface area contributed by atoms with Crippen LogP contribution < -0.4 is 0 Å². The molecule has 32 heavy (non-hydrogen) atoms. The number of halogens is 2. The van der Waals surface area contributed by atoms with Crippen molar-refractivity contribution in [3.8, 4) is 0 Å². The molecular formula is C30H44F2. The largest absolute Gasteiger partial charge is 0.207 e. The Kier molecular flexibility index (Phi) is 16.0. The third-order valence-corrected chi connectivity index (χ3v) is 4.73. The number of rotatable bonds is 3. The molecule has 3 rings (SSSR count). The van der Waals surface area contributed by atoms with Crippen molar-refractivity contribution in [2.75, 3.05) is 0 Å². The maximum Gasteiger partial charge on any atom is 0.126 e. The summed E-state index contributed by atoms with van der Waals surface area (Å²) in [5.74, 6) is 0.466. The fraction of sp³-hybridized carbons (Fsp3) is 0.400. The highest BCUT2D eigenvalue weighted by Crippen LogP contribution is 2.17. The molecule has 0 spiro atoms. The quantitative estimate of drug-likeness (QED) is 0.378. The molecule has 0 unspecified atom stereocenters. The molecule has 0 heterocycles. The van der Waals surface area contributed by atoms with Gasteiger partial charge in [0.05, 0.1) is 0 Å². The van der Waals surface area contributed by atoms with Gasteiger partial charge in [-0.05, 0) is 53.5 Å². The lowest BCUT2D eigenvalue weighted by Crippen LogP contribution is -1.90. The summed E-state index contributed by atoms with van der Waals surface area (Å²) in [6.07, 6.45) is 0. The fourth-order valence-electron chi connectivity index (χ4n) is 2.78. The number of hydrogen-bond acceptors (Lipinski definition) is 0. The van der Waals surface area contributed by atoms with E-state index in [2.05, 4.69) is 83.1 Å². The molecule has 0 bridgehead atoms. The maximum atomic E-state index is 12.5. The summed E-state index contributed by atoms with van der Waals surface area (Å²) in [4.78, 5) is 0. The van der Waals surface area contributed by atoms with Crippen LogP contribution in [0.4, 0.5) is 8.78 Å². The number of aryl methyl sites for hydroxylation is 1. The summed E-state index contributed by atoms with van der Waals surface area (Å²) in [5, 5.41) is 0. The van der Waals surface area contributed by atoms with Gasteiger partial charge in [-0.15, -0.1) is 0 Å². The van der Waals surface area contributed by atoms with E-state index in [1.807, 2.05) is 19.9 Å². The van der Waals surface area contributed by atoms with Crippen LogP contribution in [0.15, 0.2) is 72.8 Å². The van der Waals surface area contributed by atoms with Gasteiger partial charge in [0.1, 0.15) is 11.6 Å². The molecule has 3 aromatic rings. The van der Waals surface area contributed by atoms with Gasteiger partial charge in [-0.2, -0.15) is 0 Å². The second kappa shape index (κ2) is 16.2. The van der Waals surface area contributed by atoms with E-state index < -0.39 is 11.6 Å². The molecule has 0 nitrogen and oxygen atoms in total. The highest BCUT2D eigenvalue weighted by Gasteiger charge is 2.03. The monoisotopic (exact) mass is 442 g/mol. The molecule has 0 saturated carbocycles. The summed E-state index contributed by atoms with van der Waals surface area (Å²) in [6.45, 7) is 14.8. The van der Waals surface area contributed by atoms with Crippen LogP contribution in [0.3, 0.4) is 0 Å². The molecule has 0 aliphatic rings. The molecule has 0 aliphatic carbocycles. The van der Waals surface area contributed by atoms with Crippen molar-refractivity contribution in [2.24, 2.45) is 0 Å². The third-order valence-electron chi connectivity index (χ3n) is 4.73. The number of benzene rings is 3. The first-order valence-electron chi connectivity index (χ1n) is 10.7. The normalized spacial score (nSPS) is 9.75. The first-order chi connectivity index (χ1) is 14.1. The highest BCUT2D eigenvalue weighted by atomic mass is 19.1. The molecule has 0 aliphatic heterocycles. The van der Waals surface area contributed by atoms with Gasteiger partial charge in [0.15, 0.2) is 0 Å². The Balaban J connectivity index is 0. The third kappa shape index (κ3) is 12.4. The minimum absolute atomic E-state index is 0. The van der Waals surface area contributed by atoms with E-state index in [0.29, 0.717) is 17.4 Å². The molecule has 178 valence electrons. The van der Waals surface area contributed by atoms with Crippen molar-refractivity contribution in [1.29, 1.82) is 0 Å². The highest BCUT2D eigenvalue weighted by molar-refractivity contribution is 5.24. The molecule has 0 amide bonds. The summed E-state index contributed by atoms with van der Waals surface area (Å²) >= 11 is 0. The van der Waals surface area contributed by atoms with Gasteiger partial charge >= 0.3 is 0 Å². The zero-order valence-corrected chi connectivity index (χ0v) is 19.4. The molecule has 0 N–H and O–H groups in total. The summed E-state index contributed by atoms with van der Waals surface area (Å²) in [7, 11) is 0. The van der Waals surface area contributed by atoms with Gasteiger partial charge in [0, 0.05) is 6.07 Å². The van der Waals surface area contributed by atoms with Crippen LogP contribution in [0.2, 0.25) is 0 Å². The van der Waals surface area contributed by atoms with Gasteiger partial charge in [0.2, 0.25) is 0 Å². The molecule has 0 saturated heterocycles. The first kappa shape index (κ1) is 31.7. The van der Waals surface area contributed by atoms with Crippen LogP contribution >= 0.6 is 0 Å². The second-order valence-corrected chi connectivity index (χ2v) is 8.49. The Labute approximate surface area is 196 Å². The van der Waals surface area contributed by atoms with Crippen molar-refractivity contribution in [3.05, 3.63) is 107 Å². The van der Waals surface area contributed by atoms with Crippen LogP contribution in [-0.2, 0) is 0 Å². The Morgan fingerprint density at radius 1 is 0.500 bits per heavy atom. The van der Waals surface area contributed by atoms with Crippen LogP contribution in [0.5, 0.6) is 0 Å². The van der Waals surface area contributed by atoms with Crippen molar-refractivity contribution in [1.82, 2.24) is 0 Å². The molecular weight excluding hydrogens is 398 g/mol. The topological polar surface area (TPSA) is 0 Å². The zero-order valence-electron chi connectivity index (χ0n) is 19.4. The Bertz CT molecular complexity index is 845. The van der Waals surface area contributed by atoms with Gasteiger partial charge in [-0.3, -0.25) is 0 Å². The average Bonchev–Trinajstić information content (AvgIpc) is 2.69. The maximum absolute atomic E-state index is 12.5. The smallest absolute Gasteiger partial charge is 0.126 e. The molecule has 0 fully saturated rings. The van der Waals surface area contributed by atoms with Crippen molar-refractivity contribution in [2.45, 2.75) is 81.1 Å². The second-order valence-electron chi connectivity index (χ2n) is 8.49. The van der Waals surface area contributed by atoms with Gasteiger partial charge < -0.3 is 0 Å². The van der Waals surface area contributed by atoms with E-state index >= 15 is 0 Å². The summed E-state index contributed by atoms with van der Waals surface area (Å²) in [5.41, 5.74) is 4.89. The SMILES string of the molecule is C.C.CC(C)c1cc(F)cc(F)c1.CC(C)c1ccccc1.Cc1cccc(C(C)C)c1. The van der Waals surface area contributed by atoms with Crippen LogP contribution in [0, 0.1) is 18.6 Å². The average molecular weight is 443 g/mol. The molecule has 0 atom stereocenters. The van der Waals surface area contributed by atoms with E-state index in [1.165, 1.54) is 28.8 Å².